The SMILES string of the molecule is CC1OC1Cl.CCOCC. The van der Waals surface area contributed by atoms with Crippen LogP contribution in [0.15, 0.2) is 0 Å². The van der Waals surface area contributed by atoms with E-state index in [0.29, 0.717) is 6.10 Å². The van der Waals surface area contributed by atoms with E-state index >= 15 is 0 Å². The van der Waals surface area contributed by atoms with Gasteiger partial charge in [0.05, 0.1) is 6.10 Å². The summed E-state index contributed by atoms with van der Waals surface area (Å²) in [5, 5.41) is 0. The highest BCUT2D eigenvalue weighted by atomic mass is 35.5. The van der Waals surface area contributed by atoms with Crippen molar-refractivity contribution in [3.63, 3.8) is 0 Å². The predicted molar refractivity (Wildman–Crippen MR) is 42.4 cm³/mol. The first-order chi connectivity index (χ1) is 4.72. The van der Waals surface area contributed by atoms with E-state index in [1.54, 1.807) is 0 Å². The summed E-state index contributed by atoms with van der Waals surface area (Å²) in [7, 11) is 0. The number of hydrogen-bond donors (Lipinski definition) is 0. The molecule has 0 aromatic carbocycles. The van der Waals surface area contributed by atoms with E-state index in [4.69, 9.17) is 16.3 Å². The average Bonchev–Trinajstić information content (AvgIpc) is 2.49. The summed E-state index contributed by atoms with van der Waals surface area (Å²) >= 11 is 5.31. The molecule has 62 valence electrons. The highest BCUT2D eigenvalue weighted by Crippen LogP contribution is 2.23. The van der Waals surface area contributed by atoms with Crippen LogP contribution in [-0.2, 0) is 9.47 Å². The molecule has 0 amide bonds. The van der Waals surface area contributed by atoms with Crippen molar-refractivity contribution in [3.8, 4) is 0 Å². The Morgan fingerprint density at radius 3 is 1.70 bits per heavy atom. The van der Waals surface area contributed by atoms with Gasteiger partial charge in [-0.25, -0.2) is 0 Å². The van der Waals surface area contributed by atoms with Gasteiger partial charge in [0.25, 0.3) is 0 Å². The van der Waals surface area contributed by atoms with Crippen LogP contribution in [0, 0.1) is 0 Å². The standard InChI is InChI=1S/C4H10O.C3H5ClO/c1-3-5-4-2;1-2-3(4)5-2/h3-4H2,1-2H3;2-3H,1H3. The lowest BCUT2D eigenvalue weighted by Gasteiger charge is -1.86. The maximum atomic E-state index is 5.31. The molecule has 1 rings (SSSR count). The average molecular weight is 167 g/mol. The molecular weight excluding hydrogens is 152 g/mol. The molecule has 1 aliphatic rings. The normalized spacial score (nSPS) is 28.8. The Hall–Kier alpha value is 0.210. The molecule has 0 spiro atoms. The zero-order chi connectivity index (χ0) is 7.98. The summed E-state index contributed by atoms with van der Waals surface area (Å²) in [5.74, 6) is 0. The molecule has 0 aromatic rings. The molecule has 2 unspecified atom stereocenters. The summed E-state index contributed by atoms with van der Waals surface area (Å²) in [4.78, 5) is 0. The fraction of sp³-hybridized carbons (Fsp3) is 1.00. The van der Waals surface area contributed by atoms with Crippen molar-refractivity contribution in [2.24, 2.45) is 0 Å². The number of epoxide rings is 1. The van der Waals surface area contributed by atoms with Crippen LogP contribution in [-0.4, -0.2) is 24.9 Å². The van der Waals surface area contributed by atoms with Crippen LogP contribution >= 0.6 is 11.6 Å². The molecule has 0 radical (unpaired) electrons. The number of ether oxygens (including phenoxy) is 2. The van der Waals surface area contributed by atoms with Crippen molar-refractivity contribution >= 4 is 11.6 Å². The molecule has 10 heavy (non-hydrogen) atoms. The van der Waals surface area contributed by atoms with Crippen molar-refractivity contribution in [1.29, 1.82) is 0 Å². The van der Waals surface area contributed by atoms with Crippen molar-refractivity contribution in [1.82, 2.24) is 0 Å². The van der Waals surface area contributed by atoms with Crippen LogP contribution < -0.4 is 0 Å². The van der Waals surface area contributed by atoms with Crippen LogP contribution in [0.2, 0.25) is 0 Å². The van der Waals surface area contributed by atoms with E-state index in [-0.39, 0.29) is 5.56 Å². The Morgan fingerprint density at radius 1 is 1.40 bits per heavy atom. The van der Waals surface area contributed by atoms with E-state index < -0.39 is 0 Å². The second-order valence-electron chi connectivity index (χ2n) is 1.97. The molecule has 0 bridgehead atoms. The lowest BCUT2D eigenvalue weighted by Crippen LogP contribution is -1.84. The Morgan fingerprint density at radius 2 is 1.70 bits per heavy atom. The zero-order valence-corrected chi connectivity index (χ0v) is 7.52. The largest absolute Gasteiger partial charge is 0.382 e. The summed E-state index contributed by atoms with van der Waals surface area (Å²) in [6, 6.07) is 0. The number of rotatable bonds is 2. The predicted octanol–water partition coefficient (Wildman–Crippen LogP) is 2.01. The van der Waals surface area contributed by atoms with Gasteiger partial charge in [0.15, 0.2) is 5.56 Å². The molecule has 0 N–H and O–H groups in total. The molecule has 2 atom stereocenters. The molecule has 1 heterocycles. The van der Waals surface area contributed by atoms with Gasteiger partial charge in [-0.3, -0.25) is 0 Å². The zero-order valence-electron chi connectivity index (χ0n) is 6.76. The Kier molecular flexibility index (Phi) is 6.08. The van der Waals surface area contributed by atoms with E-state index in [1.807, 2.05) is 20.8 Å². The molecule has 0 saturated carbocycles. The molecule has 1 fully saturated rings. The van der Waals surface area contributed by atoms with E-state index in [1.165, 1.54) is 0 Å². The summed E-state index contributed by atoms with van der Waals surface area (Å²) in [5.41, 5.74) is 0.0231. The smallest absolute Gasteiger partial charge is 0.157 e. The summed E-state index contributed by atoms with van der Waals surface area (Å²) in [6.45, 7) is 7.61. The maximum absolute atomic E-state index is 5.31. The van der Waals surface area contributed by atoms with Gasteiger partial charge in [-0.05, 0) is 20.8 Å². The lowest BCUT2D eigenvalue weighted by molar-refractivity contribution is 0.162. The highest BCUT2D eigenvalue weighted by molar-refractivity contribution is 6.21. The molecule has 0 aromatic heterocycles. The molecular formula is C7H15ClO2. The Balaban J connectivity index is 0.000000162. The lowest BCUT2D eigenvalue weighted by atomic mass is 10.6. The Labute approximate surface area is 67.5 Å². The fourth-order valence-electron chi connectivity index (χ4n) is 0.364. The van der Waals surface area contributed by atoms with Gasteiger partial charge in [0.1, 0.15) is 0 Å². The topological polar surface area (TPSA) is 21.8 Å². The second-order valence-corrected chi connectivity index (χ2v) is 2.40. The van der Waals surface area contributed by atoms with Crippen molar-refractivity contribution in [3.05, 3.63) is 0 Å². The molecule has 1 saturated heterocycles. The van der Waals surface area contributed by atoms with Crippen LogP contribution in [0.5, 0.6) is 0 Å². The minimum atomic E-state index is 0.0231. The molecule has 2 nitrogen and oxygen atoms in total. The van der Waals surface area contributed by atoms with Gasteiger partial charge >= 0.3 is 0 Å². The van der Waals surface area contributed by atoms with Gasteiger partial charge in [0.2, 0.25) is 0 Å². The Bertz CT molecular complexity index is 70.0. The third kappa shape index (κ3) is 6.33. The van der Waals surface area contributed by atoms with Gasteiger partial charge in [-0.2, -0.15) is 0 Å². The van der Waals surface area contributed by atoms with Crippen LogP contribution in [0.3, 0.4) is 0 Å². The first-order valence-corrected chi connectivity index (χ1v) is 4.03. The van der Waals surface area contributed by atoms with E-state index in [2.05, 4.69) is 4.74 Å². The minimum absolute atomic E-state index is 0.0231. The highest BCUT2D eigenvalue weighted by Gasteiger charge is 2.30. The van der Waals surface area contributed by atoms with E-state index in [0.717, 1.165) is 13.2 Å². The third-order valence-corrected chi connectivity index (χ3v) is 1.50. The number of halogens is 1. The second kappa shape index (κ2) is 5.96. The van der Waals surface area contributed by atoms with Crippen LogP contribution in [0.1, 0.15) is 20.8 Å². The maximum Gasteiger partial charge on any atom is 0.157 e. The molecule has 1 aliphatic heterocycles. The van der Waals surface area contributed by atoms with Crippen molar-refractivity contribution in [2.75, 3.05) is 13.2 Å². The minimum Gasteiger partial charge on any atom is -0.382 e. The van der Waals surface area contributed by atoms with Gasteiger partial charge in [-0.15, -0.1) is 0 Å². The number of hydrogen-bond acceptors (Lipinski definition) is 2. The quantitative estimate of drug-likeness (QED) is 0.463. The fourth-order valence-corrected chi connectivity index (χ4v) is 0.526. The van der Waals surface area contributed by atoms with Gasteiger partial charge in [-0.1, -0.05) is 11.6 Å². The van der Waals surface area contributed by atoms with Crippen molar-refractivity contribution < 1.29 is 9.47 Å². The van der Waals surface area contributed by atoms with Crippen LogP contribution in [0.4, 0.5) is 0 Å². The first kappa shape index (κ1) is 10.2. The van der Waals surface area contributed by atoms with E-state index in [9.17, 15) is 0 Å². The third-order valence-electron chi connectivity index (χ3n) is 1.05. The molecule has 3 heteroatoms. The van der Waals surface area contributed by atoms with Gasteiger partial charge in [0, 0.05) is 13.2 Å². The summed E-state index contributed by atoms with van der Waals surface area (Å²) in [6.07, 6.45) is 0.316. The summed E-state index contributed by atoms with van der Waals surface area (Å²) < 4.78 is 9.52. The number of alkyl halides is 1. The monoisotopic (exact) mass is 166 g/mol. The van der Waals surface area contributed by atoms with Crippen molar-refractivity contribution in [2.45, 2.75) is 32.4 Å². The first-order valence-electron chi connectivity index (χ1n) is 3.59. The molecule has 0 aliphatic carbocycles. The van der Waals surface area contributed by atoms with Crippen LogP contribution in [0.25, 0.3) is 0 Å². The van der Waals surface area contributed by atoms with Gasteiger partial charge < -0.3 is 9.47 Å².